The van der Waals surface area contributed by atoms with Crippen molar-refractivity contribution in [3.8, 4) is 0 Å². The number of nitrogens with one attached hydrogen (secondary N) is 3. The van der Waals surface area contributed by atoms with E-state index in [1.54, 1.807) is 11.3 Å². The number of anilines is 1. The molecule has 3 N–H and O–H groups in total. The van der Waals surface area contributed by atoms with Crippen molar-refractivity contribution in [1.29, 1.82) is 0 Å². The third-order valence-corrected chi connectivity index (χ3v) is 5.92. The first-order chi connectivity index (χ1) is 13.3. The summed E-state index contributed by atoms with van der Waals surface area (Å²) in [6.07, 6.45) is 2.39. The molecule has 6 heteroatoms. The summed E-state index contributed by atoms with van der Waals surface area (Å²) in [5.74, 6) is 1.00. The van der Waals surface area contributed by atoms with Crippen LogP contribution in [0.2, 0.25) is 0 Å². The van der Waals surface area contributed by atoms with E-state index in [0.29, 0.717) is 6.42 Å². The third kappa shape index (κ3) is 3.02. The number of para-hydroxylation sites is 1. The second-order valence-electron chi connectivity index (χ2n) is 6.77. The summed E-state index contributed by atoms with van der Waals surface area (Å²) in [5, 5.41) is 7.60. The number of carbonyl (C=O) groups excluding carboxylic acids is 1. The molecule has 0 bridgehead atoms. The van der Waals surface area contributed by atoms with Gasteiger partial charge < -0.3 is 0 Å². The van der Waals surface area contributed by atoms with Gasteiger partial charge in [-0.1, -0.05) is 53.8 Å². The minimum atomic E-state index is -0.146. The van der Waals surface area contributed by atoms with Crippen molar-refractivity contribution in [2.24, 2.45) is 0 Å². The first kappa shape index (κ1) is 16.2. The summed E-state index contributed by atoms with van der Waals surface area (Å²) >= 11 is 1.61. The quantitative estimate of drug-likeness (QED) is 0.644. The van der Waals surface area contributed by atoms with Gasteiger partial charge in [0.1, 0.15) is 6.04 Å². The van der Waals surface area contributed by atoms with Gasteiger partial charge in [0.25, 0.3) is 5.13 Å². The van der Waals surface area contributed by atoms with Crippen LogP contribution in [0.5, 0.6) is 0 Å². The van der Waals surface area contributed by atoms with E-state index in [1.165, 1.54) is 0 Å². The molecule has 1 atom stereocenters. The van der Waals surface area contributed by atoms with Crippen molar-refractivity contribution in [3.05, 3.63) is 71.4 Å². The molecule has 27 heavy (non-hydrogen) atoms. The van der Waals surface area contributed by atoms with Gasteiger partial charge in [0, 0.05) is 12.8 Å². The standard InChI is InChI=1S/C21H18N4OS/c26-16-11-6-10-15-18(16)19(13-7-2-1-3-8-13)24-20(22-15)25-21-23-14-9-4-5-12-17(14)27-21/h1-5,7-9,12,19H,6,10-11H2,(H2,22,23,24,25)/p+1/t19-/m1/s1. The molecule has 0 saturated carbocycles. The molecule has 0 spiro atoms. The smallest absolute Gasteiger partial charge is 0.294 e. The Morgan fingerprint density at radius 1 is 1.07 bits per heavy atom. The summed E-state index contributed by atoms with van der Waals surface area (Å²) in [4.78, 5) is 20.7. The van der Waals surface area contributed by atoms with Gasteiger partial charge in [-0.25, -0.2) is 15.6 Å². The summed E-state index contributed by atoms with van der Waals surface area (Å²) < 4.78 is 1.14. The highest BCUT2D eigenvalue weighted by Gasteiger charge is 2.36. The molecule has 1 aromatic heterocycles. The number of guanidine groups is 1. The fourth-order valence-electron chi connectivity index (χ4n) is 3.73. The molecule has 5 rings (SSSR count). The van der Waals surface area contributed by atoms with Crippen LogP contribution in [-0.2, 0) is 4.79 Å². The Balaban J connectivity index is 1.52. The lowest BCUT2D eigenvalue weighted by atomic mass is 9.86. The SMILES string of the molecule is O=C1CCCC2=C1[C@@H](c1ccccc1)[NH+]=C(Nc1nc3ccccc3s1)N2. The summed E-state index contributed by atoms with van der Waals surface area (Å²) in [7, 11) is 0. The van der Waals surface area contributed by atoms with E-state index in [0.717, 1.165) is 51.0 Å². The molecule has 0 fully saturated rings. The van der Waals surface area contributed by atoms with Crippen molar-refractivity contribution in [1.82, 2.24) is 10.3 Å². The number of hydrogen-bond donors (Lipinski definition) is 3. The summed E-state index contributed by atoms with van der Waals surface area (Å²) in [6.45, 7) is 0. The fraction of sp³-hybridized carbons (Fsp3) is 0.190. The van der Waals surface area contributed by atoms with E-state index in [4.69, 9.17) is 0 Å². The Bertz CT molecular complexity index is 1050. The monoisotopic (exact) mass is 375 g/mol. The highest BCUT2D eigenvalue weighted by atomic mass is 32.1. The second kappa shape index (κ2) is 6.63. The first-order valence-electron chi connectivity index (χ1n) is 9.12. The maximum absolute atomic E-state index is 12.6. The Morgan fingerprint density at radius 3 is 2.74 bits per heavy atom. The first-order valence-corrected chi connectivity index (χ1v) is 9.94. The van der Waals surface area contributed by atoms with Crippen LogP contribution >= 0.6 is 11.3 Å². The molecule has 2 aromatic carbocycles. The lowest BCUT2D eigenvalue weighted by Gasteiger charge is -2.26. The molecular formula is C21H19N4OS+. The zero-order valence-corrected chi connectivity index (χ0v) is 15.5. The number of allylic oxidation sites excluding steroid dienone is 1. The molecule has 2 heterocycles. The van der Waals surface area contributed by atoms with E-state index in [9.17, 15) is 4.79 Å². The summed E-state index contributed by atoms with van der Waals surface area (Å²) in [6, 6.07) is 18.1. The largest absolute Gasteiger partial charge is 0.355 e. The number of Topliss-reactive ketones (excluding diaryl/α,β-unsaturated/α-hetero) is 1. The van der Waals surface area contributed by atoms with Gasteiger partial charge in [-0.05, 0) is 24.1 Å². The van der Waals surface area contributed by atoms with Crippen LogP contribution in [0.3, 0.4) is 0 Å². The predicted octanol–water partition coefficient (Wildman–Crippen LogP) is 2.50. The lowest BCUT2D eigenvalue weighted by molar-refractivity contribution is -0.501. The van der Waals surface area contributed by atoms with Crippen LogP contribution in [0, 0.1) is 0 Å². The van der Waals surface area contributed by atoms with Crippen LogP contribution in [-0.4, -0.2) is 16.7 Å². The highest BCUT2D eigenvalue weighted by molar-refractivity contribution is 7.22. The predicted molar refractivity (Wildman–Crippen MR) is 107 cm³/mol. The maximum atomic E-state index is 12.6. The fourth-order valence-corrected chi connectivity index (χ4v) is 4.60. The number of aromatic nitrogens is 1. The molecule has 0 saturated heterocycles. The van der Waals surface area contributed by atoms with Gasteiger partial charge in [-0.15, -0.1) is 0 Å². The van der Waals surface area contributed by atoms with Gasteiger partial charge in [-0.2, -0.15) is 0 Å². The van der Waals surface area contributed by atoms with Gasteiger partial charge in [0.2, 0.25) is 0 Å². The zero-order valence-electron chi connectivity index (χ0n) is 14.7. The van der Waals surface area contributed by atoms with Crippen LogP contribution in [0.4, 0.5) is 5.13 Å². The van der Waals surface area contributed by atoms with Crippen LogP contribution in [0.25, 0.3) is 10.2 Å². The Kier molecular flexibility index (Phi) is 3.98. The molecule has 5 nitrogen and oxygen atoms in total. The summed E-state index contributed by atoms with van der Waals surface area (Å²) in [5.41, 5.74) is 3.95. The average Bonchev–Trinajstić information content (AvgIpc) is 3.10. The lowest BCUT2D eigenvalue weighted by Crippen LogP contribution is -2.82. The van der Waals surface area contributed by atoms with E-state index in [-0.39, 0.29) is 11.8 Å². The molecular weight excluding hydrogens is 356 g/mol. The van der Waals surface area contributed by atoms with Gasteiger partial charge >= 0.3 is 5.96 Å². The average molecular weight is 375 g/mol. The van der Waals surface area contributed by atoms with Crippen LogP contribution in [0.1, 0.15) is 30.9 Å². The Hall–Kier alpha value is -2.99. The number of carbonyl (C=O) groups is 1. The third-order valence-electron chi connectivity index (χ3n) is 4.97. The van der Waals surface area contributed by atoms with Crippen molar-refractivity contribution in [2.45, 2.75) is 25.3 Å². The molecule has 134 valence electrons. The minimum absolute atomic E-state index is 0.146. The molecule has 0 unspecified atom stereocenters. The number of nitrogens with zero attached hydrogens (tertiary/aromatic N) is 1. The minimum Gasteiger partial charge on any atom is -0.294 e. The molecule has 2 aliphatic rings. The molecule has 1 aliphatic heterocycles. The number of benzene rings is 2. The van der Waals surface area contributed by atoms with Gasteiger partial charge in [0.15, 0.2) is 5.78 Å². The van der Waals surface area contributed by atoms with Crippen molar-refractivity contribution in [2.75, 3.05) is 5.32 Å². The second-order valence-corrected chi connectivity index (χ2v) is 7.80. The number of ketones is 1. The maximum Gasteiger partial charge on any atom is 0.355 e. The van der Waals surface area contributed by atoms with E-state index >= 15 is 0 Å². The van der Waals surface area contributed by atoms with Crippen molar-refractivity contribution in [3.63, 3.8) is 0 Å². The highest BCUT2D eigenvalue weighted by Crippen LogP contribution is 2.30. The molecule has 0 radical (unpaired) electrons. The number of hydrogen-bond acceptors (Lipinski definition) is 5. The number of fused-ring (bicyclic) bond motifs is 1. The number of thiazole rings is 1. The molecule has 1 aliphatic carbocycles. The van der Waals surface area contributed by atoms with Crippen LogP contribution < -0.4 is 15.6 Å². The van der Waals surface area contributed by atoms with Gasteiger partial charge in [-0.3, -0.25) is 9.79 Å². The molecule has 3 aromatic rings. The number of rotatable bonds is 2. The van der Waals surface area contributed by atoms with Crippen molar-refractivity contribution < 1.29 is 9.79 Å². The van der Waals surface area contributed by atoms with E-state index in [1.807, 2.05) is 36.4 Å². The van der Waals surface area contributed by atoms with Crippen LogP contribution in [0.15, 0.2) is 65.9 Å². The normalized spacial score (nSPS) is 19.5. The van der Waals surface area contributed by atoms with Gasteiger partial charge in [0.05, 0.1) is 21.5 Å². The molecule has 0 amide bonds. The van der Waals surface area contributed by atoms with E-state index in [2.05, 4.69) is 38.8 Å². The Labute approximate surface area is 160 Å². The van der Waals surface area contributed by atoms with Crippen molar-refractivity contribution >= 4 is 38.4 Å². The topological polar surface area (TPSA) is 68.0 Å². The Morgan fingerprint density at radius 2 is 1.89 bits per heavy atom. The zero-order chi connectivity index (χ0) is 18.2. The van der Waals surface area contributed by atoms with E-state index < -0.39 is 0 Å².